The first-order chi connectivity index (χ1) is 13.8. The molecule has 0 saturated heterocycles. The summed E-state index contributed by atoms with van der Waals surface area (Å²) < 4.78 is 15.9. The Bertz CT molecular complexity index is 663. The zero-order valence-corrected chi connectivity index (χ0v) is 21.3. The molecule has 30 heavy (non-hydrogen) atoms. The summed E-state index contributed by atoms with van der Waals surface area (Å²) in [5.41, 5.74) is 0.576. The van der Waals surface area contributed by atoms with Crippen LogP contribution in [0, 0.1) is 0 Å². The molecular formula is C21H37IN4O4. The van der Waals surface area contributed by atoms with Gasteiger partial charge in [-0.25, -0.2) is 4.79 Å². The maximum absolute atomic E-state index is 11.6. The Balaban J connectivity index is 0.00000841. The molecule has 1 rings (SSSR count). The van der Waals surface area contributed by atoms with Gasteiger partial charge in [-0.2, -0.15) is 0 Å². The first-order valence-electron chi connectivity index (χ1n) is 9.99. The molecule has 1 aromatic rings. The molecule has 0 atom stereocenters. The predicted molar refractivity (Wildman–Crippen MR) is 132 cm³/mol. The fourth-order valence-electron chi connectivity index (χ4n) is 2.51. The molecule has 0 aliphatic carbocycles. The van der Waals surface area contributed by atoms with Crippen LogP contribution in [0.1, 0.15) is 39.7 Å². The van der Waals surface area contributed by atoms with E-state index in [2.05, 4.69) is 20.9 Å². The smallest absolute Gasteiger partial charge is 0.407 e. The van der Waals surface area contributed by atoms with Crippen molar-refractivity contribution in [3.63, 3.8) is 0 Å². The highest BCUT2D eigenvalue weighted by Crippen LogP contribution is 2.24. The number of ether oxygens (including phenoxy) is 3. The molecule has 0 unspecified atom stereocenters. The fourth-order valence-corrected chi connectivity index (χ4v) is 2.51. The minimum absolute atomic E-state index is 0. The predicted octanol–water partition coefficient (Wildman–Crippen LogP) is 3.33. The molecule has 1 amide bonds. The lowest BCUT2D eigenvalue weighted by Crippen LogP contribution is -2.38. The number of nitrogens with one attached hydrogen (secondary N) is 3. The van der Waals surface area contributed by atoms with E-state index in [1.807, 2.05) is 45.9 Å². The molecule has 0 fully saturated rings. The van der Waals surface area contributed by atoms with Gasteiger partial charge in [0.2, 0.25) is 0 Å². The molecule has 0 aromatic heterocycles. The van der Waals surface area contributed by atoms with E-state index in [0.717, 1.165) is 42.4 Å². The normalized spacial score (nSPS) is 11.2. The number of halogens is 1. The average Bonchev–Trinajstić information content (AvgIpc) is 2.66. The molecule has 0 aliphatic rings. The number of amides is 1. The fraction of sp³-hybridized carbons (Fsp3) is 0.619. The number of aliphatic imine (C=N–C) groups is 1. The van der Waals surface area contributed by atoms with Crippen molar-refractivity contribution >= 4 is 36.0 Å². The zero-order valence-electron chi connectivity index (χ0n) is 19.0. The second-order valence-corrected chi connectivity index (χ2v) is 7.40. The van der Waals surface area contributed by atoms with E-state index in [1.165, 1.54) is 0 Å². The van der Waals surface area contributed by atoms with Crippen LogP contribution in [0.4, 0.5) is 4.79 Å². The van der Waals surface area contributed by atoms with Crippen molar-refractivity contribution in [1.82, 2.24) is 16.0 Å². The molecule has 0 bridgehead atoms. The second-order valence-electron chi connectivity index (χ2n) is 7.40. The zero-order chi connectivity index (χ0) is 21.7. The molecule has 0 aliphatic heterocycles. The van der Waals surface area contributed by atoms with Crippen molar-refractivity contribution in [1.29, 1.82) is 0 Å². The van der Waals surface area contributed by atoms with Crippen LogP contribution in [0.3, 0.4) is 0 Å². The van der Waals surface area contributed by atoms with Crippen molar-refractivity contribution in [2.24, 2.45) is 4.99 Å². The highest BCUT2D eigenvalue weighted by Gasteiger charge is 2.15. The maximum Gasteiger partial charge on any atom is 0.407 e. The Kier molecular flexibility index (Phi) is 14.0. The number of alkyl carbamates (subject to hydrolysis) is 1. The summed E-state index contributed by atoms with van der Waals surface area (Å²) in [4.78, 5) is 16.2. The van der Waals surface area contributed by atoms with E-state index < -0.39 is 11.7 Å². The highest BCUT2D eigenvalue weighted by molar-refractivity contribution is 14.0. The van der Waals surface area contributed by atoms with Crippen molar-refractivity contribution in [3.8, 4) is 11.5 Å². The van der Waals surface area contributed by atoms with Crippen LogP contribution in [0.15, 0.2) is 23.2 Å². The molecule has 9 heteroatoms. The highest BCUT2D eigenvalue weighted by atomic mass is 127. The van der Waals surface area contributed by atoms with Gasteiger partial charge < -0.3 is 30.2 Å². The molecule has 1 aromatic carbocycles. The molecule has 0 heterocycles. The van der Waals surface area contributed by atoms with E-state index in [-0.39, 0.29) is 24.0 Å². The number of rotatable bonds is 10. The number of hydrogen-bond donors (Lipinski definition) is 3. The summed E-state index contributed by atoms with van der Waals surface area (Å²) >= 11 is 0. The lowest BCUT2D eigenvalue weighted by molar-refractivity contribution is 0.0527. The first-order valence-corrected chi connectivity index (χ1v) is 9.99. The van der Waals surface area contributed by atoms with Crippen LogP contribution in [0.25, 0.3) is 0 Å². The Morgan fingerprint density at radius 1 is 1.07 bits per heavy atom. The number of hydrogen-bond acceptors (Lipinski definition) is 5. The minimum atomic E-state index is -0.490. The van der Waals surface area contributed by atoms with E-state index in [4.69, 9.17) is 14.2 Å². The van der Waals surface area contributed by atoms with Crippen LogP contribution >= 0.6 is 24.0 Å². The van der Waals surface area contributed by atoms with Gasteiger partial charge in [-0.15, -0.1) is 24.0 Å². The molecule has 172 valence electrons. The molecule has 0 spiro atoms. The van der Waals surface area contributed by atoms with Gasteiger partial charge in [0.25, 0.3) is 0 Å². The summed E-state index contributed by atoms with van der Waals surface area (Å²) in [7, 11) is 3.31. The summed E-state index contributed by atoms with van der Waals surface area (Å²) in [5.74, 6) is 2.38. The number of guanidine groups is 1. The Morgan fingerprint density at radius 2 is 1.80 bits per heavy atom. The number of nitrogens with zero attached hydrogens (tertiary/aromatic N) is 1. The molecule has 0 radical (unpaired) electrons. The molecule has 0 saturated carbocycles. The number of methoxy groups -OCH3 is 2. The number of carbonyl (C=O) groups excluding carboxylic acids is 1. The van der Waals surface area contributed by atoms with Crippen molar-refractivity contribution in [2.75, 3.05) is 40.4 Å². The quantitative estimate of drug-likeness (QED) is 0.184. The topological polar surface area (TPSA) is 93.2 Å². The molecular weight excluding hydrogens is 499 g/mol. The van der Waals surface area contributed by atoms with E-state index in [9.17, 15) is 4.79 Å². The van der Waals surface area contributed by atoms with Crippen molar-refractivity contribution in [2.45, 2.75) is 46.1 Å². The van der Waals surface area contributed by atoms with E-state index >= 15 is 0 Å². The van der Waals surface area contributed by atoms with E-state index in [0.29, 0.717) is 19.6 Å². The largest absolute Gasteiger partial charge is 0.497 e. The Hall–Kier alpha value is -1.91. The van der Waals surface area contributed by atoms with Crippen LogP contribution in [0.2, 0.25) is 0 Å². The van der Waals surface area contributed by atoms with Gasteiger partial charge in [0.05, 0.1) is 14.2 Å². The minimum Gasteiger partial charge on any atom is -0.497 e. The van der Waals surface area contributed by atoms with E-state index in [1.54, 1.807) is 14.2 Å². The summed E-state index contributed by atoms with van der Waals surface area (Å²) in [6, 6.07) is 5.77. The SMILES string of the molecule is CCNC(=NCCCNC(=O)OC(C)(C)C)NCCc1cc(OC)ccc1OC.I. The monoisotopic (exact) mass is 536 g/mol. The second kappa shape index (κ2) is 15.0. The third kappa shape index (κ3) is 11.9. The van der Waals surface area contributed by atoms with Gasteiger partial charge in [0.15, 0.2) is 5.96 Å². The van der Waals surface area contributed by atoms with Gasteiger partial charge in [0.1, 0.15) is 17.1 Å². The average molecular weight is 536 g/mol. The standard InChI is InChI=1S/C21H36N4O4.HI/c1-7-22-19(23-12-8-13-25-20(26)29-21(2,3)4)24-14-11-16-15-17(27-5)9-10-18(16)28-6;/h9-10,15H,7-8,11-14H2,1-6H3,(H,25,26)(H2,22,23,24);1H. The van der Waals surface area contributed by atoms with Crippen LogP contribution in [0.5, 0.6) is 11.5 Å². The van der Waals surface area contributed by atoms with Gasteiger partial charge in [-0.3, -0.25) is 4.99 Å². The number of benzene rings is 1. The Labute approximate surface area is 197 Å². The van der Waals surface area contributed by atoms with Crippen LogP contribution in [-0.2, 0) is 11.2 Å². The Morgan fingerprint density at radius 3 is 2.40 bits per heavy atom. The molecule has 8 nitrogen and oxygen atoms in total. The van der Waals surface area contributed by atoms with Crippen LogP contribution in [-0.4, -0.2) is 58.1 Å². The lowest BCUT2D eigenvalue weighted by atomic mass is 10.1. The van der Waals surface area contributed by atoms with Crippen molar-refractivity contribution in [3.05, 3.63) is 23.8 Å². The maximum atomic E-state index is 11.6. The third-order valence-electron chi connectivity index (χ3n) is 3.79. The molecule has 3 N–H and O–H groups in total. The summed E-state index contributed by atoms with van der Waals surface area (Å²) in [6.45, 7) is 10.1. The summed E-state index contributed by atoms with van der Waals surface area (Å²) in [6.07, 6.45) is 1.09. The van der Waals surface area contributed by atoms with Crippen molar-refractivity contribution < 1.29 is 19.0 Å². The van der Waals surface area contributed by atoms with Gasteiger partial charge in [-0.05, 0) is 64.3 Å². The van der Waals surface area contributed by atoms with Crippen LogP contribution < -0.4 is 25.4 Å². The first kappa shape index (κ1) is 28.1. The van der Waals surface area contributed by atoms with Gasteiger partial charge >= 0.3 is 6.09 Å². The third-order valence-corrected chi connectivity index (χ3v) is 3.79. The lowest BCUT2D eigenvalue weighted by Gasteiger charge is -2.19. The summed E-state index contributed by atoms with van der Waals surface area (Å²) in [5, 5.41) is 9.28. The van der Waals surface area contributed by atoms with Gasteiger partial charge in [0, 0.05) is 26.2 Å². The number of carbonyl (C=O) groups is 1. The van der Waals surface area contributed by atoms with Gasteiger partial charge in [-0.1, -0.05) is 0 Å².